The molecular formula is C13H17N5O. The van der Waals surface area contributed by atoms with E-state index in [4.69, 9.17) is 10.8 Å². The summed E-state index contributed by atoms with van der Waals surface area (Å²) >= 11 is 0. The van der Waals surface area contributed by atoms with Crippen molar-refractivity contribution < 1.29 is 4.79 Å². The summed E-state index contributed by atoms with van der Waals surface area (Å²) in [5.41, 5.74) is 1.81. The van der Waals surface area contributed by atoms with Gasteiger partial charge in [0.25, 0.3) is 5.91 Å². The molecule has 0 aromatic carbocycles. The number of aryl methyl sites for hydroxylation is 1. The van der Waals surface area contributed by atoms with E-state index in [-0.39, 0.29) is 5.91 Å². The third kappa shape index (κ3) is 2.62. The number of aromatic nitrogens is 2. The maximum absolute atomic E-state index is 12.4. The summed E-state index contributed by atoms with van der Waals surface area (Å²) in [5.74, 6) is 0.204. The lowest BCUT2D eigenvalue weighted by molar-refractivity contribution is 0.0842. The number of hydrogen-bond donors (Lipinski definition) is 2. The molecule has 1 aromatic heterocycles. The molecule has 19 heavy (non-hydrogen) atoms. The molecule has 2 N–H and O–H groups in total. The van der Waals surface area contributed by atoms with Crippen LogP contribution < -0.4 is 0 Å². The zero-order chi connectivity index (χ0) is 14.0. The van der Waals surface area contributed by atoms with Crippen LogP contribution in [-0.2, 0) is 7.05 Å². The fourth-order valence-electron chi connectivity index (χ4n) is 1.97. The second-order valence-electron chi connectivity index (χ2n) is 4.64. The van der Waals surface area contributed by atoms with Crippen molar-refractivity contribution in [1.82, 2.24) is 14.7 Å². The van der Waals surface area contributed by atoms with Crippen LogP contribution in [0.25, 0.3) is 0 Å². The van der Waals surface area contributed by atoms with Crippen molar-refractivity contribution in [3.8, 4) is 0 Å². The summed E-state index contributed by atoms with van der Waals surface area (Å²) in [6.07, 6.45) is 7.42. The molecule has 6 nitrogen and oxygen atoms in total. The lowest BCUT2D eigenvalue weighted by atomic mass is 10.1. The van der Waals surface area contributed by atoms with Gasteiger partial charge in [0.15, 0.2) is 0 Å². The summed E-state index contributed by atoms with van der Waals surface area (Å²) in [6, 6.07) is 0. The van der Waals surface area contributed by atoms with Gasteiger partial charge >= 0.3 is 0 Å². The molecular weight excluding hydrogens is 242 g/mol. The quantitative estimate of drug-likeness (QED) is 0.786. The van der Waals surface area contributed by atoms with E-state index >= 15 is 0 Å². The smallest absolute Gasteiger partial charge is 0.261 e. The molecule has 0 saturated heterocycles. The molecule has 0 radical (unpaired) electrons. The van der Waals surface area contributed by atoms with E-state index in [2.05, 4.69) is 5.10 Å². The van der Waals surface area contributed by atoms with Crippen molar-refractivity contribution in [2.75, 3.05) is 7.05 Å². The number of allylic oxidation sites excluding steroid dienone is 2. The third-order valence-corrected chi connectivity index (χ3v) is 3.15. The fraction of sp³-hybridized carbons (Fsp3) is 0.385. The molecule has 100 valence electrons. The Balaban J connectivity index is 2.30. The number of nitrogens with zero attached hydrogens (tertiary/aromatic N) is 3. The van der Waals surface area contributed by atoms with Crippen LogP contribution in [0.5, 0.6) is 0 Å². The van der Waals surface area contributed by atoms with Crippen LogP contribution in [0.15, 0.2) is 18.0 Å². The first-order valence-electron chi connectivity index (χ1n) is 6.11. The zero-order valence-electron chi connectivity index (χ0n) is 11.1. The molecule has 6 heteroatoms. The van der Waals surface area contributed by atoms with Crippen LogP contribution in [0.4, 0.5) is 0 Å². The third-order valence-electron chi connectivity index (χ3n) is 3.15. The first-order valence-corrected chi connectivity index (χ1v) is 6.11. The Labute approximate surface area is 111 Å². The molecule has 0 spiro atoms. The minimum atomic E-state index is -0.188. The average Bonchev–Trinajstić information content (AvgIpc) is 3.17. The highest BCUT2D eigenvalue weighted by molar-refractivity contribution is 6.00. The van der Waals surface area contributed by atoms with E-state index < -0.39 is 0 Å². The normalized spacial score (nSPS) is 15.2. The van der Waals surface area contributed by atoms with Gasteiger partial charge in [-0.1, -0.05) is 0 Å². The van der Waals surface area contributed by atoms with Gasteiger partial charge in [0.2, 0.25) is 0 Å². The minimum Gasteiger partial charge on any atom is -0.310 e. The van der Waals surface area contributed by atoms with Gasteiger partial charge in [0.05, 0.1) is 17.0 Å². The molecule has 1 saturated carbocycles. The Bertz CT molecular complexity index is 553. The molecule has 0 bridgehead atoms. The highest BCUT2D eigenvalue weighted by atomic mass is 16.2. The lowest BCUT2D eigenvalue weighted by Crippen LogP contribution is -2.27. The average molecular weight is 259 g/mol. The lowest BCUT2D eigenvalue weighted by Gasteiger charge is -2.17. The number of carbonyl (C=O) groups is 1. The molecule has 0 atom stereocenters. The summed E-state index contributed by atoms with van der Waals surface area (Å²) in [5, 5.41) is 18.7. The number of carbonyl (C=O) groups excluding carboxylic acids is 1. The molecule has 2 rings (SSSR count). The monoisotopic (exact) mass is 259 g/mol. The van der Waals surface area contributed by atoms with Crippen molar-refractivity contribution >= 4 is 18.3 Å². The minimum absolute atomic E-state index is 0.188. The molecule has 1 heterocycles. The first kappa shape index (κ1) is 13.2. The summed E-state index contributed by atoms with van der Waals surface area (Å²) in [4.78, 5) is 13.8. The Kier molecular flexibility index (Phi) is 3.59. The van der Waals surface area contributed by atoms with Crippen LogP contribution >= 0.6 is 0 Å². The van der Waals surface area contributed by atoms with Crippen molar-refractivity contribution in [3.05, 3.63) is 29.2 Å². The number of rotatable bonds is 5. The molecule has 1 fully saturated rings. The predicted molar refractivity (Wildman–Crippen MR) is 72.9 cm³/mol. The first-order chi connectivity index (χ1) is 9.08. The topological polar surface area (TPSA) is 85.8 Å². The van der Waals surface area contributed by atoms with Crippen molar-refractivity contribution in [1.29, 1.82) is 10.8 Å². The molecule has 1 aliphatic rings. The summed E-state index contributed by atoms with van der Waals surface area (Å²) in [6.45, 7) is 0. The van der Waals surface area contributed by atoms with E-state index in [1.165, 1.54) is 11.0 Å². The molecule has 1 amide bonds. The molecule has 0 unspecified atom stereocenters. The van der Waals surface area contributed by atoms with Crippen LogP contribution in [0.1, 0.15) is 34.8 Å². The van der Waals surface area contributed by atoms with Gasteiger partial charge in [-0.05, 0) is 18.9 Å². The molecule has 1 aliphatic carbocycles. The van der Waals surface area contributed by atoms with Gasteiger partial charge < -0.3 is 15.7 Å². The zero-order valence-corrected chi connectivity index (χ0v) is 11.1. The summed E-state index contributed by atoms with van der Waals surface area (Å²) in [7, 11) is 3.40. The largest absolute Gasteiger partial charge is 0.310 e. The fourth-order valence-corrected chi connectivity index (χ4v) is 1.97. The summed E-state index contributed by atoms with van der Waals surface area (Å²) < 4.78 is 1.65. The van der Waals surface area contributed by atoms with Gasteiger partial charge in [0.1, 0.15) is 0 Å². The SMILES string of the molecule is CN(C(=O)c1cn(C)nc1C1CC1)/C(C=N)=C/C=N. The van der Waals surface area contributed by atoms with Crippen LogP contribution in [0.3, 0.4) is 0 Å². The van der Waals surface area contributed by atoms with E-state index in [0.29, 0.717) is 17.2 Å². The van der Waals surface area contributed by atoms with E-state index in [0.717, 1.165) is 31.0 Å². The highest BCUT2D eigenvalue weighted by Crippen LogP contribution is 2.40. The van der Waals surface area contributed by atoms with Crippen molar-refractivity contribution in [3.63, 3.8) is 0 Å². The Hall–Kier alpha value is -2.24. The van der Waals surface area contributed by atoms with Crippen LogP contribution in [0, 0.1) is 10.8 Å². The maximum Gasteiger partial charge on any atom is 0.261 e. The van der Waals surface area contributed by atoms with E-state index in [1.807, 2.05) is 0 Å². The van der Waals surface area contributed by atoms with Gasteiger partial charge in [-0.25, -0.2) is 0 Å². The van der Waals surface area contributed by atoms with Gasteiger partial charge in [-0.15, -0.1) is 0 Å². The van der Waals surface area contributed by atoms with Gasteiger partial charge in [0, 0.05) is 38.6 Å². The maximum atomic E-state index is 12.4. The second-order valence-corrected chi connectivity index (χ2v) is 4.64. The standard InChI is InChI=1S/C13H17N5O/c1-17-8-11(12(16-17)9-3-4-9)13(19)18(2)10(7-15)5-6-14/h5-9,14-15H,3-4H2,1-2H3/b10-5+,14-6?,15-7?. The second kappa shape index (κ2) is 5.17. The van der Waals surface area contributed by atoms with E-state index in [1.54, 1.807) is 25.0 Å². The van der Waals surface area contributed by atoms with Crippen molar-refractivity contribution in [2.45, 2.75) is 18.8 Å². The number of nitrogens with one attached hydrogen (secondary N) is 2. The van der Waals surface area contributed by atoms with Crippen LogP contribution in [0.2, 0.25) is 0 Å². The number of amides is 1. The predicted octanol–water partition coefficient (Wildman–Crippen LogP) is 1.55. The number of hydrogen-bond acceptors (Lipinski definition) is 4. The Morgan fingerprint density at radius 2 is 2.21 bits per heavy atom. The van der Waals surface area contributed by atoms with Gasteiger partial charge in [-0.2, -0.15) is 5.10 Å². The van der Waals surface area contributed by atoms with E-state index in [9.17, 15) is 4.79 Å². The molecule has 0 aliphatic heterocycles. The van der Waals surface area contributed by atoms with Crippen molar-refractivity contribution in [2.24, 2.45) is 7.05 Å². The van der Waals surface area contributed by atoms with Crippen LogP contribution in [-0.4, -0.2) is 40.1 Å². The Morgan fingerprint density at radius 3 is 2.74 bits per heavy atom. The highest BCUT2D eigenvalue weighted by Gasteiger charge is 2.32. The molecule has 1 aromatic rings. The Morgan fingerprint density at radius 1 is 1.53 bits per heavy atom. The van der Waals surface area contributed by atoms with Gasteiger partial charge in [-0.3, -0.25) is 9.48 Å².